The first kappa shape index (κ1) is 30.3. The minimum Gasteiger partial charge on any atom is -0.469 e. The van der Waals surface area contributed by atoms with Gasteiger partial charge in [-0.25, -0.2) is 19.3 Å². The van der Waals surface area contributed by atoms with Crippen LogP contribution in [-0.4, -0.2) is 60.3 Å². The maximum atomic E-state index is 13.9. The molecule has 14 heteroatoms. The Kier molecular flexibility index (Phi) is 9.53. The highest BCUT2D eigenvalue weighted by molar-refractivity contribution is 7.81. The minimum absolute atomic E-state index is 0.154. The lowest BCUT2D eigenvalue weighted by molar-refractivity contribution is -0.0351. The van der Waals surface area contributed by atoms with Gasteiger partial charge >= 0.3 is 0 Å². The van der Waals surface area contributed by atoms with Gasteiger partial charge in [-0.15, -0.1) is 0 Å². The lowest BCUT2D eigenvalue weighted by Gasteiger charge is -2.15. The zero-order valence-electron chi connectivity index (χ0n) is 22.9. The van der Waals surface area contributed by atoms with Gasteiger partial charge in [-0.05, 0) is 52.0 Å². The first-order valence-corrected chi connectivity index (χ1v) is 13.5. The number of furan rings is 1. The third kappa shape index (κ3) is 7.55. The molecule has 1 aliphatic heterocycles. The second-order valence-electron chi connectivity index (χ2n) is 10.2. The second kappa shape index (κ2) is 12.9. The predicted octanol–water partition coefficient (Wildman–Crippen LogP) is 5.20. The number of anilines is 2. The molecule has 41 heavy (non-hydrogen) atoms. The first-order valence-electron chi connectivity index (χ1n) is 12.7. The monoisotopic (exact) mass is 603 g/mol. The number of fused-ring (bicyclic) bond motifs is 1. The average Bonchev–Trinajstić information content (AvgIpc) is 3.64. The molecule has 11 nitrogen and oxygen atoms in total. The molecule has 4 aromatic rings. The Bertz CT molecular complexity index is 1540. The molecule has 4 heterocycles. The number of nitrogen functional groups attached to an aromatic ring is 1. The zero-order valence-corrected chi connectivity index (χ0v) is 24.5. The summed E-state index contributed by atoms with van der Waals surface area (Å²) in [5.41, 5.74) is 8.57. The summed E-state index contributed by atoms with van der Waals surface area (Å²) in [4.78, 5) is 17.8. The molecule has 0 saturated carbocycles. The summed E-state index contributed by atoms with van der Waals surface area (Å²) in [6, 6.07) is 7.33. The van der Waals surface area contributed by atoms with Crippen LogP contribution in [0.1, 0.15) is 50.3 Å². The molecule has 1 saturated heterocycles. The number of alkyl halides is 1. The standard InChI is InChI=1S/C17H19ClN2O2S.C10H12FN5O2/c1-11-14(7-8-21-11)16(23)20-13-5-6-15(18)12(9-13)10-19-22-17(2,3)4;11-6-1-5(2-17)18-10(6)16-4-15-7-8(12)13-3-14-9(7)16/h5-10H,1-4H3,(H,20,23);3-6,10,17H,1-2H2,(H2,12,13,14)/b19-10+;/t;5-,6-,10+/m.0/s1. The number of rotatable bonds is 6. The van der Waals surface area contributed by atoms with Gasteiger partial charge in [-0.2, -0.15) is 0 Å². The van der Waals surface area contributed by atoms with Crippen molar-refractivity contribution in [2.45, 2.75) is 58.2 Å². The van der Waals surface area contributed by atoms with Crippen molar-refractivity contribution >= 4 is 57.7 Å². The van der Waals surface area contributed by atoms with Gasteiger partial charge in [-0.3, -0.25) is 4.57 Å². The zero-order chi connectivity index (χ0) is 29.7. The van der Waals surface area contributed by atoms with Gasteiger partial charge in [0.05, 0.1) is 37.1 Å². The highest BCUT2D eigenvalue weighted by Crippen LogP contribution is 2.33. The Balaban J connectivity index is 0.000000194. The number of hydrogen-bond donors (Lipinski definition) is 3. The van der Waals surface area contributed by atoms with Crippen LogP contribution in [0.15, 0.2) is 52.8 Å². The lowest BCUT2D eigenvalue weighted by Crippen LogP contribution is -2.16. The van der Waals surface area contributed by atoms with E-state index >= 15 is 0 Å². The summed E-state index contributed by atoms with van der Waals surface area (Å²) < 4.78 is 26.0. The summed E-state index contributed by atoms with van der Waals surface area (Å²) >= 11 is 11.6. The Morgan fingerprint density at radius 3 is 2.78 bits per heavy atom. The van der Waals surface area contributed by atoms with Crippen LogP contribution in [0.25, 0.3) is 11.2 Å². The van der Waals surface area contributed by atoms with E-state index < -0.39 is 18.5 Å². The fraction of sp³-hybridized carbons (Fsp3) is 0.370. The molecule has 0 radical (unpaired) electrons. The van der Waals surface area contributed by atoms with Crippen molar-refractivity contribution in [1.29, 1.82) is 0 Å². The number of halogens is 2. The first-order chi connectivity index (χ1) is 19.5. The largest absolute Gasteiger partial charge is 0.469 e. The van der Waals surface area contributed by atoms with Crippen LogP contribution in [0, 0.1) is 6.92 Å². The normalized spacial score (nSPS) is 18.9. The number of aliphatic hydroxyl groups is 1. The lowest BCUT2D eigenvalue weighted by atomic mass is 10.2. The third-order valence-electron chi connectivity index (χ3n) is 5.87. The van der Waals surface area contributed by atoms with Gasteiger partial charge in [0.25, 0.3) is 0 Å². The van der Waals surface area contributed by atoms with Crippen molar-refractivity contribution in [1.82, 2.24) is 19.5 Å². The average molecular weight is 604 g/mol. The van der Waals surface area contributed by atoms with Gasteiger partial charge in [0, 0.05) is 22.7 Å². The molecule has 1 aromatic carbocycles. The molecule has 5 rings (SSSR count). The van der Waals surface area contributed by atoms with Gasteiger partial charge in [0.1, 0.15) is 34.4 Å². The molecular formula is C27H31ClFN7O4S. The Morgan fingerprint density at radius 2 is 2.12 bits per heavy atom. The SMILES string of the molecule is Cc1occc1C(=S)Nc1ccc(Cl)c(/C=N/OC(C)(C)C)c1.Nc1ncnc2c1ncn2[C@@H]1O[C@H](CO)C[C@@H]1F. The van der Waals surface area contributed by atoms with Crippen molar-refractivity contribution in [3.8, 4) is 0 Å². The van der Waals surface area contributed by atoms with E-state index in [0.717, 1.165) is 22.6 Å². The van der Waals surface area contributed by atoms with E-state index in [9.17, 15) is 4.39 Å². The van der Waals surface area contributed by atoms with Crippen molar-refractivity contribution in [2.24, 2.45) is 5.16 Å². The number of thiocarbonyl (C=S) groups is 1. The topological polar surface area (TPSA) is 146 Å². The van der Waals surface area contributed by atoms with Crippen LogP contribution in [0.4, 0.5) is 15.9 Å². The van der Waals surface area contributed by atoms with Crippen molar-refractivity contribution in [3.05, 3.63) is 65.1 Å². The van der Waals surface area contributed by atoms with Crippen LogP contribution in [0.2, 0.25) is 5.02 Å². The number of aromatic nitrogens is 4. The number of nitrogens with one attached hydrogen (secondary N) is 1. The molecule has 0 spiro atoms. The molecule has 3 aromatic heterocycles. The Morgan fingerprint density at radius 1 is 1.34 bits per heavy atom. The predicted molar refractivity (Wildman–Crippen MR) is 159 cm³/mol. The highest BCUT2D eigenvalue weighted by Gasteiger charge is 2.37. The molecule has 1 fully saturated rings. The summed E-state index contributed by atoms with van der Waals surface area (Å²) in [5.74, 6) is 1.02. The van der Waals surface area contributed by atoms with Crippen molar-refractivity contribution in [2.75, 3.05) is 17.7 Å². The number of imidazole rings is 1. The van der Waals surface area contributed by atoms with E-state index in [0.29, 0.717) is 21.2 Å². The van der Waals surface area contributed by atoms with Crippen LogP contribution in [0.3, 0.4) is 0 Å². The van der Waals surface area contributed by atoms with E-state index in [4.69, 9.17) is 48.7 Å². The van der Waals surface area contributed by atoms with E-state index in [1.807, 2.05) is 45.9 Å². The van der Waals surface area contributed by atoms with E-state index in [1.54, 1.807) is 18.5 Å². The van der Waals surface area contributed by atoms with Gasteiger partial charge in [0.15, 0.2) is 17.7 Å². The van der Waals surface area contributed by atoms with Crippen molar-refractivity contribution in [3.63, 3.8) is 0 Å². The van der Waals surface area contributed by atoms with E-state index in [-0.39, 0.29) is 24.4 Å². The fourth-order valence-electron chi connectivity index (χ4n) is 3.90. The van der Waals surface area contributed by atoms with Crippen LogP contribution < -0.4 is 11.1 Å². The van der Waals surface area contributed by atoms with Gasteiger partial charge < -0.3 is 30.1 Å². The third-order valence-corrected chi connectivity index (χ3v) is 6.54. The van der Waals surface area contributed by atoms with Crippen LogP contribution >= 0.6 is 23.8 Å². The number of hydrogen-bond acceptors (Lipinski definition) is 10. The number of nitrogens with zero attached hydrogens (tertiary/aromatic N) is 5. The Hall–Kier alpha value is -3.65. The van der Waals surface area contributed by atoms with Crippen LogP contribution in [0.5, 0.6) is 0 Å². The molecule has 0 aliphatic carbocycles. The number of aliphatic hydroxyl groups excluding tert-OH is 1. The molecule has 1 aliphatic rings. The smallest absolute Gasteiger partial charge is 0.168 e. The van der Waals surface area contributed by atoms with Crippen molar-refractivity contribution < 1.29 is 23.5 Å². The number of oxime groups is 1. The highest BCUT2D eigenvalue weighted by atomic mass is 35.5. The molecule has 0 unspecified atom stereocenters. The maximum absolute atomic E-state index is 13.9. The molecule has 0 bridgehead atoms. The van der Waals surface area contributed by atoms with E-state index in [1.165, 1.54) is 17.2 Å². The molecule has 0 amide bonds. The van der Waals surface area contributed by atoms with Gasteiger partial charge in [0.2, 0.25) is 0 Å². The maximum Gasteiger partial charge on any atom is 0.168 e. The quantitative estimate of drug-likeness (QED) is 0.153. The summed E-state index contributed by atoms with van der Waals surface area (Å²) in [6.45, 7) is 7.44. The second-order valence-corrected chi connectivity index (χ2v) is 11.0. The number of benzene rings is 1. The summed E-state index contributed by atoms with van der Waals surface area (Å²) in [6.07, 6.45) is 3.53. The number of nitrogens with two attached hydrogens (primary N) is 1. The molecule has 218 valence electrons. The molecule has 4 N–H and O–H groups in total. The summed E-state index contributed by atoms with van der Waals surface area (Å²) in [7, 11) is 0. The number of ether oxygens (including phenoxy) is 1. The minimum atomic E-state index is -1.21. The van der Waals surface area contributed by atoms with E-state index in [2.05, 4.69) is 25.4 Å². The Labute approximate surface area is 246 Å². The van der Waals surface area contributed by atoms with Crippen LogP contribution in [-0.2, 0) is 9.57 Å². The fourth-order valence-corrected chi connectivity index (χ4v) is 4.40. The van der Waals surface area contributed by atoms with Gasteiger partial charge in [-0.1, -0.05) is 29.0 Å². The summed E-state index contributed by atoms with van der Waals surface area (Å²) in [5, 5.41) is 16.7. The molecule has 3 atom stereocenters. The molecular weight excluding hydrogens is 573 g/mol. The number of aryl methyl sites for hydroxylation is 1.